The van der Waals surface area contributed by atoms with Crippen LogP contribution in [0.15, 0.2) is 24.3 Å². The van der Waals surface area contributed by atoms with Gasteiger partial charge in [0.05, 0.1) is 0 Å². The molecule has 4 nitrogen and oxygen atoms in total. The lowest BCUT2D eigenvalue weighted by atomic mass is 9.83. The van der Waals surface area contributed by atoms with Crippen molar-refractivity contribution < 1.29 is 4.79 Å². The first-order chi connectivity index (χ1) is 9.07. The molecule has 3 N–H and O–H groups in total. The fourth-order valence-electron chi connectivity index (χ4n) is 2.27. The van der Waals surface area contributed by atoms with Crippen LogP contribution < -0.4 is 16.0 Å². The van der Waals surface area contributed by atoms with E-state index in [9.17, 15) is 4.79 Å². The van der Waals surface area contributed by atoms with E-state index >= 15 is 0 Å². The highest BCUT2D eigenvalue weighted by Crippen LogP contribution is 2.24. The molecule has 1 aliphatic rings. The topological polar surface area (TPSA) is 53.2 Å². The maximum absolute atomic E-state index is 11.8. The normalized spacial score (nSPS) is 22.8. The zero-order valence-electron chi connectivity index (χ0n) is 11.1. The van der Waals surface area contributed by atoms with Gasteiger partial charge in [-0.25, -0.2) is 4.79 Å². The van der Waals surface area contributed by atoms with Gasteiger partial charge in [-0.05, 0) is 49.1 Å². The molecule has 0 aromatic heterocycles. The Morgan fingerprint density at radius 1 is 1.42 bits per heavy atom. The van der Waals surface area contributed by atoms with Gasteiger partial charge in [0, 0.05) is 23.8 Å². The van der Waals surface area contributed by atoms with E-state index < -0.39 is 0 Å². The van der Waals surface area contributed by atoms with Crippen LogP contribution in [0.4, 0.5) is 10.5 Å². The number of benzene rings is 1. The minimum atomic E-state index is -0.172. The predicted octanol–water partition coefficient (Wildman–Crippen LogP) is 2.85. The molecule has 104 valence electrons. The summed E-state index contributed by atoms with van der Waals surface area (Å²) < 4.78 is 0. The van der Waals surface area contributed by atoms with E-state index in [-0.39, 0.29) is 11.4 Å². The fourth-order valence-corrected chi connectivity index (χ4v) is 2.40. The van der Waals surface area contributed by atoms with Crippen LogP contribution in [0.2, 0.25) is 5.02 Å². The van der Waals surface area contributed by atoms with E-state index in [1.54, 1.807) is 24.3 Å². The van der Waals surface area contributed by atoms with Gasteiger partial charge in [-0.15, -0.1) is 0 Å². The third-order valence-corrected chi connectivity index (χ3v) is 3.72. The second-order valence-electron chi connectivity index (χ2n) is 5.41. The quantitative estimate of drug-likeness (QED) is 0.798. The SMILES string of the molecule is CC1(CNC(=O)Nc2ccc(Cl)cc2)CCCNC1. The Bertz CT molecular complexity index is 427. The molecule has 1 fully saturated rings. The van der Waals surface area contributed by atoms with E-state index in [0.29, 0.717) is 11.6 Å². The maximum atomic E-state index is 11.8. The highest BCUT2D eigenvalue weighted by atomic mass is 35.5. The number of piperidine rings is 1. The Balaban J connectivity index is 1.79. The number of urea groups is 1. The highest BCUT2D eigenvalue weighted by molar-refractivity contribution is 6.30. The molecule has 1 saturated heterocycles. The van der Waals surface area contributed by atoms with Gasteiger partial charge in [0.25, 0.3) is 0 Å². The highest BCUT2D eigenvalue weighted by Gasteiger charge is 2.26. The average molecular weight is 282 g/mol. The minimum absolute atomic E-state index is 0.148. The molecule has 0 aliphatic carbocycles. The Kier molecular flexibility index (Phi) is 4.66. The number of nitrogens with one attached hydrogen (secondary N) is 3. The van der Waals surface area contributed by atoms with Crippen molar-refractivity contribution in [3.8, 4) is 0 Å². The van der Waals surface area contributed by atoms with Gasteiger partial charge in [-0.2, -0.15) is 0 Å². The van der Waals surface area contributed by atoms with Gasteiger partial charge in [0.15, 0.2) is 0 Å². The van der Waals surface area contributed by atoms with Gasteiger partial charge < -0.3 is 16.0 Å². The van der Waals surface area contributed by atoms with Crippen LogP contribution in [0.3, 0.4) is 0 Å². The lowest BCUT2D eigenvalue weighted by molar-refractivity contribution is 0.217. The van der Waals surface area contributed by atoms with Crippen molar-refractivity contribution >= 4 is 23.3 Å². The zero-order chi connectivity index (χ0) is 13.7. The zero-order valence-corrected chi connectivity index (χ0v) is 11.9. The Morgan fingerprint density at radius 2 is 2.16 bits per heavy atom. The van der Waals surface area contributed by atoms with E-state index in [1.165, 1.54) is 0 Å². The Labute approximate surface area is 118 Å². The van der Waals surface area contributed by atoms with E-state index in [4.69, 9.17) is 11.6 Å². The molecular formula is C14H20ClN3O. The molecule has 0 saturated carbocycles. The number of amides is 2. The van der Waals surface area contributed by atoms with Gasteiger partial charge in [0.1, 0.15) is 0 Å². The molecule has 1 aliphatic heterocycles. The molecule has 1 atom stereocenters. The minimum Gasteiger partial charge on any atom is -0.337 e. The molecule has 2 amide bonds. The number of halogens is 1. The summed E-state index contributed by atoms with van der Waals surface area (Å²) in [7, 11) is 0. The molecule has 1 unspecified atom stereocenters. The van der Waals surface area contributed by atoms with Gasteiger partial charge in [-0.1, -0.05) is 18.5 Å². The number of rotatable bonds is 3. The van der Waals surface area contributed by atoms with Gasteiger partial charge in [-0.3, -0.25) is 0 Å². The molecule has 19 heavy (non-hydrogen) atoms. The van der Waals surface area contributed by atoms with Crippen LogP contribution in [0.5, 0.6) is 0 Å². The Morgan fingerprint density at radius 3 is 2.79 bits per heavy atom. The summed E-state index contributed by atoms with van der Waals surface area (Å²) in [6, 6.07) is 6.90. The lowest BCUT2D eigenvalue weighted by Gasteiger charge is -2.34. The van der Waals surface area contributed by atoms with Gasteiger partial charge in [0.2, 0.25) is 0 Å². The molecule has 1 aromatic rings. The molecule has 2 rings (SSSR count). The molecule has 0 bridgehead atoms. The van der Waals surface area contributed by atoms with Gasteiger partial charge >= 0.3 is 6.03 Å². The van der Waals surface area contributed by atoms with Crippen LogP contribution in [-0.2, 0) is 0 Å². The summed E-state index contributed by atoms with van der Waals surface area (Å²) in [6.45, 7) is 4.90. The summed E-state index contributed by atoms with van der Waals surface area (Å²) in [5, 5.41) is 9.76. The van der Waals surface area contributed by atoms with Crippen LogP contribution >= 0.6 is 11.6 Å². The maximum Gasteiger partial charge on any atom is 0.319 e. The lowest BCUT2D eigenvalue weighted by Crippen LogP contribution is -2.46. The molecular weight excluding hydrogens is 262 g/mol. The molecule has 0 radical (unpaired) electrons. The average Bonchev–Trinajstić information content (AvgIpc) is 2.40. The number of carbonyl (C=O) groups is 1. The predicted molar refractivity (Wildman–Crippen MR) is 78.7 cm³/mol. The van der Waals surface area contributed by atoms with Crippen molar-refractivity contribution in [2.24, 2.45) is 5.41 Å². The first-order valence-corrected chi connectivity index (χ1v) is 6.96. The van der Waals surface area contributed by atoms with Crippen molar-refractivity contribution in [1.29, 1.82) is 0 Å². The second kappa shape index (κ2) is 6.26. The van der Waals surface area contributed by atoms with Crippen LogP contribution in [0.1, 0.15) is 19.8 Å². The summed E-state index contributed by atoms with van der Waals surface area (Å²) in [5.74, 6) is 0. The summed E-state index contributed by atoms with van der Waals surface area (Å²) in [6.07, 6.45) is 2.30. The first-order valence-electron chi connectivity index (χ1n) is 6.59. The van der Waals surface area contributed by atoms with Crippen LogP contribution in [0, 0.1) is 5.41 Å². The van der Waals surface area contributed by atoms with Crippen molar-refractivity contribution in [2.45, 2.75) is 19.8 Å². The second-order valence-corrected chi connectivity index (χ2v) is 5.84. The first kappa shape index (κ1) is 14.2. The smallest absolute Gasteiger partial charge is 0.319 e. The van der Waals surface area contributed by atoms with E-state index in [2.05, 4.69) is 22.9 Å². The van der Waals surface area contributed by atoms with Crippen molar-refractivity contribution in [3.05, 3.63) is 29.3 Å². The largest absolute Gasteiger partial charge is 0.337 e. The van der Waals surface area contributed by atoms with E-state index in [0.717, 1.165) is 31.6 Å². The third-order valence-electron chi connectivity index (χ3n) is 3.46. The standard InChI is InChI=1S/C14H20ClN3O/c1-14(7-2-8-16-9-14)10-17-13(19)18-12-5-3-11(15)4-6-12/h3-6,16H,2,7-10H2,1H3,(H2,17,18,19). The monoisotopic (exact) mass is 281 g/mol. The molecule has 1 heterocycles. The third kappa shape index (κ3) is 4.40. The number of carbonyl (C=O) groups excluding carboxylic acids is 1. The number of hydrogen-bond donors (Lipinski definition) is 3. The molecule has 5 heteroatoms. The van der Waals surface area contributed by atoms with E-state index in [1.807, 2.05) is 0 Å². The van der Waals surface area contributed by atoms with Crippen molar-refractivity contribution in [2.75, 3.05) is 25.0 Å². The van der Waals surface area contributed by atoms with Crippen molar-refractivity contribution in [3.63, 3.8) is 0 Å². The Hall–Kier alpha value is -1.26. The van der Waals surface area contributed by atoms with Crippen LogP contribution in [-0.4, -0.2) is 25.7 Å². The van der Waals surface area contributed by atoms with Crippen molar-refractivity contribution in [1.82, 2.24) is 10.6 Å². The number of anilines is 1. The van der Waals surface area contributed by atoms with Crippen LogP contribution in [0.25, 0.3) is 0 Å². The molecule has 1 aromatic carbocycles. The fraction of sp³-hybridized carbons (Fsp3) is 0.500. The summed E-state index contributed by atoms with van der Waals surface area (Å²) in [5.41, 5.74) is 0.893. The molecule has 0 spiro atoms. The summed E-state index contributed by atoms with van der Waals surface area (Å²) >= 11 is 5.79. The summed E-state index contributed by atoms with van der Waals surface area (Å²) in [4.78, 5) is 11.8. The number of hydrogen-bond acceptors (Lipinski definition) is 2.